The van der Waals surface area contributed by atoms with E-state index in [-0.39, 0.29) is 18.9 Å². The molecule has 20 heavy (non-hydrogen) atoms. The van der Waals surface area contributed by atoms with E-state index in [0.29, 0.717) is 13.1 Å². The molecule has 0 amide bonds. The second-order valence-corrected chi connectivity index (χ2v) is 6.75. The van der Waals surface area contributed by atoms with E-state index in [1.165, 1.54) is 27.8 Å². The Hall–Kier alpha value is -1.18. The van der Waals surface area contributed by atoms with Gasteiger partial charge in [0, 0.05) is 26.7 Å². The zero-order valence-corrected chi connectivity index (χ0v) is 12.3. The molecule has 0 N–H and O–H groups in total. The van der Waals surface area contributed by atoms with Gasteiger partial charge in [0.15, 0.2) is 11.6 Å². The van der Waals surface area contributed by atoms with Gasteiger partial charge in [-0.1, -0.05) is 12.1 Å². The minimum absolute atomic E-state index is 0.116. The first-order valence-electron chi connectivity index (χ1n) is 6.60. The van der Waals surface area contributed by atoms with Crippen LogP contribution >= 0.6 is 0 Å². The van der Waals surface area contributed by atoms with Crippen molar-refractivity contribution in [3.05, 3.63) is 30.1 Å². The van der Waals surface area contributed by atoms with Crippen molar-refractivity contribution < 1.29 is 17.5 Å². The first-order valence-corrected chi connectivity index (χ1v) is 8.00. The predicted molar refractivity (Wildman–Crippen MR) is 74.3 cm³/mol. The summed E-state index contributed by atoms with van der Waals surface area (Å²) >= 11 is 0. The van der Waals surface area contributed by atoms with Gasteiger partial charge >= 0.3 is 0 Å². The van der Waals surface area contributed by atoms with Crippen molar-refractivity contribution in [1.82, 2.24) is 8.61 Å². The first-order chi connectivity index (χ1) is 9.51. The van der Waals surface area contributed by atoms with Crippen LogP contribution in [0.2, 0.25) is 0 Å². The lowest BCUT2D eigenvalue weighted by Crippen LogP contribution is -2.41. The molecule has 2 rings (SSSR count). The first kappa shape index (κ1) is 15.2. The molecular formula is C13H19FN2O3S. The summed E-state index contributed by atoms with van der Waals surface area (Å²) in [6, 6.07) is 6.07. The van der Waals surface area contributed by atoms with Gasteiger partial charge < -0.3 is 4.74 Å². The van der Waals surface area contributed by atoms with E-state index in [9.17, 15) is 12.8 Å². The highest BCUT2D eigenvalue weighted by atomic mass is 32.2. The molecule has 112 valence electrons. The molecule has 0 saturated carbocycles. The number of hydrogen-bond acceptors (Lipinski definition) is 3. The topological polar surface area (TPSA) is 49.9 Å². The summed E-state index contributed by atoms with van der Waals surface area (Å²) in [4.78, 5) is 0. The van der Waals surface area contributed by atoms with Gasteiger partial charge in [0.05, 0.1) is 0 Å². The highest BCUT2D eigenvalue weighted by Gasteiger charge is 2.28. The molecule has 1 heterocycles. The van der Waals surface area contributed by atoms with Gasteiger partial charge in [-0.2, -0.15) is 17.0 Å². The lowest BCUT2D eigenvalue weighted by atomic mass is 10.3. The summed E-state index contributed by atoms with van der Waals surface area (Å²) in [7, 11) is -1.90. The van der Waals surface area contributed by atoms with Gasteiger partial charge in [0.1, 0.15) is 6.61 Å². The lowest BCUT2D eigenvalue weighted by Gasteiger charge is -2.23. The zero-order chi connectivity index (χ0) is 14.6. The maximum atomic E-state index is 13.3. The van der Waals surface area contributed by atoms with Crippen LogP contribution in [-0.2, 0) is 10.2 Å². The quantitative estimate of drug-likeness (QED) is 0.800. The minimum atomic E-state index is -3.41. The maximum Gasteiger partial charge on any atom is 0.281 e. The third-order valence-electron chi connectivity index (χ3n) is 3.29. The van der Waals surface area contributed by atoms with Crippen molar-refractivity contribution in [3.8, 4) is 5.75 Å². The van der Waals surface area contributed by atoms with Crippen LogP contribution < -0.4 is 4.74 Å². The number of para-hydroxylation sites is 1. The van der Waals surface area contributed by atoms with Gasteiger partial charge in [-0.05, 0) is 25.0 Å². The van der Waals surface area contributed by atoms with Crippen LogP contribution in [0.3, 0.4) is 0 Å². The van der Waals surface area contributed by atoms with E-state index in [2.05, 4.69) is 0 Å². The van der Waals surface area contributed by atoms with Crippen molar-refractivity contribution in [1.29, 1.82) is 0 Å². The summed E-state index contributed by atoms with van der Waals surface area (Å²) in [6.07, 6.45) is 1.80. The van der Waals surface area contributed by atoms with Gasteiger partial charge in [0.25, 0.3) is 10.2 Å². The average Bonchev–Trinajstić information content (AvgIpc) is 2.95. The molecule has 0 aliphatic carbocycles. The molecule has 7 heteroatoms. The molecular weight excluding hydrogens is 283 g/mol. The van der Waals surface area contributed by atoms with Crippen LogP contribution in [0.5, 0.6) is 5.75 Å². The standard InChI is InChI=1S/C13H19FN2O3S/c1-15(20(17,18)16-8-4-5-9-16)10-11-19-13-7-3-2-6-12(13)14/h2-3,6-7H,4-5,8-11H2,1H3. The fourth-order valence-corrected chi connectivity index (χ4v) is 3.50. The Morgan fingerprint density at radius 3 is 2.60 bits per heavy atom. The number of rotatable bonds is 6. The zero-order valence-electron chi connectivity index (χ0n) is 11.5. The van der Waals surface area contributed by atoms with Gasteiger partial charge in [-0.3, -0.25) is 0 Å². The number of benzene rings is 1. The Morgan fingerprint density at radius 2 is 1.95 bits per heavy atom. The molecule has 0 unspecified atom stereocenters. The summed E-state index contributed by atoms with van der Waals surface area (Å²) in [5, 5.41) is 0. The minimum Gasteiger partial charge on any atom is -0.489 e. The van der Waals surface area contributed by atoms with Crippen LogP contribution in [0.1, 0.15) is 12.8 Å². The molecule has 1 aromatic rings. The monoisotopic (exact) mass is 302 g/mol. The van der Waals surface area contributed by atoms with Gasteiger partial charge in [-0.15, -0.1) is 0 Å². The molecule has 0 bridgehead atoms. The Labute approximate surface area is 119 Å². The van der Waals surface area contributed by atoms with E-state index in [4.69, 9.17) is 4.74 Å². The SMILES string of the molecule is CN(CCOc1ccccc1F)S(=O)(=O)N1CCCC1. The third kappa shape index (κ3) is 3.47. The van der Waals surface area contributed by atoms with Crippen LogP contribution in [-0.4, -0.2) is 50.3 Å². The molecule has 1 aliphatic heterocycles. The maximum absolute atomic E-state index is 13.3. The number of halogens is 1. The predicted octanol–water partition coefficient (Wildman–Crippen LogP) is 1.48. The van der Waals surface area contributed by atoms with E-state index in [0.717, 1.165) is 12.8 Å². The second kappa shape index (κ2) is 6.51. The van der Waals surface area contributed by atoms with Crippen LogP contribution in [0.15, 0.2) is 24.3 Å². The molecule has 0 radical (unpaired) electrons. The molecule has 1 aromatic carbocycles. The van der Waals surface area contributed by atoms with Gasteiger partial charge in [-0.25, -0.2) is 4.39 Å². The number of nitrogens with zero attached hydrogens (tertiary/aromatic N) is 2. The largest absolute Gasteiger partial charge is 0.489 e. The number of ether oxygens (including phenoxy) is 1. The van der Waals surface area contributed by atoms with Crippen molar-refractivity contribution >= 4 is 10.2 Å². The molecule has 0 spiro atoms. The lowest BCUT2D eigenvalue weighted by molar-refractivity contribution is 0.269. The van der Waals surface area contributed by atoms with Gasteiger partial charge in [0.2, 0.25) is 0 Å². The smallest absolute Gasteiger partial charge is 0.281 e. The van der Waals surface area contributed by atoms with Crippen LogP contribution in [0.25, 0.3) is 0 Å². The summed E-state index contributed by atoms with van der Waals surface area (Å²) < 4.78 is 45.6. The third-order valence-corrected chi connectivity index (χ3v) is 5.27. The number of hydrogen-bond donors (Lipinski definition) is 0. The van der Waals surface area contributed by atoms with Crippen LogP contribution in [0, 0.1) is 5.82 Å². The molecule has 0 aromatic heterocycles. The molecule has 5 nitrogen and oxygen atoms in total. The molecule has 0 atom stereocenters. The van der Waals surface area contributed by atoms with Crippen molar-refractivity contribution in [2.24, 2.45) is 0 Å². The fraction of sp³-hybridized carbons (Fsp3) is 0.538. The molecule has 1 saturated heterocycles. The molecule has 1 aliphatic rings. The molecule has 1 fully saturated rings. The second-order valence-electron chi connectivity index (χ2n) is 4.71. The summed E-state index contributed by atoms with van der Waals surface area (Å²) in [5.41, 5.74) is 0. The highest BCUT2D eigenvalue weighted by molar-refractivity contribution is 7.86. The van der Waals surface area contributed by atoms with E-state index in [1.54, 1.807) is 12.1 Å². The number of likely N-dealkylation sites (N-methyl/N-ethyl adjacent to an activating group) is 1. The Morgan fingerprint density at radius 1 is 1.30 bits per heavy atom. The summed E-state index contributed by atoms with van der Waals surface area (Å²) in [5.74, 6) is -0.308. The van der Waals surface area contributed by atoms with Crippen molar-refractivity contribution in [2.75, 3.05) is 33.3 Å². The Bertz CT molecular complexity index is 544. The van der Waals surface area contributed by atoms with E-state index < -0.39 is 16.0 Å². The van der Waals surface area contributed by atoms with E-state index >= 15 is 0 Å². The van der Waals surface area contributed by atoms with E-state index in [1.807, 2.05) is 0 Å². The fourth-order valence-electron chi connectivity index (χ4n) is 2.08. The van der Waals surface area contributed by atoms with Crippen molar-refractivity contribution in [3.63, 3.8) is 0 Å². The highest BCUT2D eigenvalue weighted by Crippen LogP contribution is 2.17. The summed E-state index contributed by atoms with van der Waals surface area (Å²) in [6.45, 7) is 1.44. The Kier molecular flexibility index (Phi) is 4.95. The average molecular weight is 302 g/mol. The van der Waals surface area contributed by atoms with Crippen molar-refractivity contribution in [2.45, 2.75) is 12.8 Å². The van der Waals surface area contributed by atoms with Crippen LogP contribution in [0.4, 0.5) is 4.39 Å². The Balaban J connectivity index is 1.86. The normalized spacial score (nSPS) is 16.8.